The summed E-state index contributed by atoms with van der Waals surface area (Å²) in [6.45, 7) is 4.52. The van der Waals surface area contributed by atoms with Crippen LogP contribution in [0.2, 0.25) is 0 Å². The molecule has 1 saturated carbocycles. The van der Waals surface area contributed by atoms with Crippen LogP contribution in [0.3, 0.4) is 0 Å². The fourth-order valence-electron chi connectivity index (χ4n) is 1.41. The van der Waals surface area contributed by atoms with Gasteiger partial charge in [0.05, 0.1) is 11.9 Å². The summed E-state index contributed by atoms with van der Waals surface area (Å²) in [5, 5.41) is 3.42. The van der Waals surface area contributed by atoms with Crippen molar-refractivity contribution in [1.29, 1.82) is 0 Å². The van der Waals surface area contributed by atoms with E-state index >= 15 is 0 Å². The number of nitrogen functional groups attached to an aromatic ring is 1. The van der Waals surface area contributed by atoms with E-state index in [4.69, 9.17) is 5.73 Å². The second-order valence-corrected chi connectivity index (χ2v) is 4.36. The summed E-state index contributed by atoms with van der Waals surface area (Å²) < 4.78 is 0. The summed E-state index contributed by atoms with van der Waals surface area (Å²) in [7, 11) is 0. The van der Waals surface area contributed by atoms with Crippen molar-refractivity contribution in [3.8, 4) is 0 Å². The zero-order valence-corrected chi connectivity index (χ0v) is 8.04. The molecule has 2 rings (SSSR count). The molecular formula is C10H15N3. The molecule has 1 unspecified atom stereocenters. The summed E-state index contributed by atoms with van der Waals surface area (Å²) in [6, 6.07) is 4.38. The van der Waals surface area contributed by atoms with Crippen LogP contribution in [0, 0.1) is 5.41 Å². The molecule has 0 aliphatic heterocycles. The van der Waals surface area contributed by atoms with Crippen LogP contribution < -0.4 is 11.1 Å². The first-order valence-corrected chi connectivity index (χ1v) is 4.56. The van der Waals surface area contributed by atoms with Crippen molar-refractivity contribution < 1.29 is 0 Å². The Morgan fingerprint density at radius 1 is 1.54 bits per heavy atom. The molecule has 70 valence electrons. The molecule has 3 heteroatoms. The van der Waals surface area contributed by atoms with Crippen LogP contribution in [-0.2, 0) is 0 Å². The number of aromatic nitrogens is 1. The smallest absolute Gasteiger partial charge is 0.123 e. The Balaban J connectivity index is 2.00. The predicted molar refractivity (Wildman–Crippen MR) is 54.5 cm³/mol. The van der Waals surface area contributed by atoms with Gasteiger partial charge in [-0.1, -0.05) is 13.8 Å². The minimum Gasteiger partial charge on any atom is -0.384 e. The maximum atomic E-state index is 5.49. The van der Waals surface area contributed by atoms with Crippen LogP contribution in [-0.4, -0.2) is 11.0 Å². The number of pyridine rings is 1. The van der Waals surface area contributed by atoms with Gasteiger partial charge in [0, 0.05) is 6.04 Å². The minimum atomic E-state index is 0.446. The van der Waals surface area contributed by atoms with E-state index in [1.54, 1.807) is 6.20 Å². The Labute approximate surface area is 78.4 Å². The molecule has 1 aliphatic carbocycles. The highest BCUT2D eigenvalue weighted by atomic mass is 15.0. The molecule has 0 amide bonds. The molecule has 0 spiro atoms. The zero-order chi connectivity index (χ0) is 9.47. The van der Waals surface area contributed by atoms with E-state index < -0.39 is 0 Å². The highest BCUT2D eigenvalue weighted by Gasteiger charge is 2.45. The lowest BCUT2D eigenvalue weighted by Crippen LogP contribution is -2.08. The first-order chi connectivity index (χ1) is 6.08. The molecule has 0 saturated heterocycles. The molecule has 1 atom stereocenters. The maximum absolute atomic E-state index is 5.49. The largest absolute Gasteiger partial charge is 0.384 e. The van der Waals surface area contributed by atoms with E-state index in [9.17, 15) is 0 Å². The first-order valence-electron chi connectivity index (χ1n) is 4.56. The SMILES string of the molecule is CC1(C)CC1Nc1ccc(N)nc1. The van der Waals surface area contributed by atoms with Gasteiger partial charge in [0.2, 0.25) is 0 Å². The van der Waals surface area contributed by atoms with Crippen molar-refractivity contribution >= 4 is 11.5 Å². The predicted octanol–water partition coefficient (Wildman–Crippen LogP) is 1.87. The van der Waals surface area contributed by atoms with Gasteiger partial charge < -0.3 is 11.1 Å². The van der Waals surface area contributed by atoms with E-state index in [1.165, 1.54) is 6.42 Å². The van der Waals surface area contributed by atoms with Gasteiger partial charge in [0.25, 0.3) is 0 Å². The number of hydrogen-bond donors (Lipinski definition) is 2. The van der Waals surface area contributed by atoms with Crippen molar-refractivity contribution in [3.63, 3.8) is 0 Å². The topological polar surface area (TPSA) is 50.9 Å². The van der Waals surface area contributed by atoms with Crippen LogP contribution in [0.1, 0.15) is 20.3 Å². The van der Waals surface area contributed by atoms with Gasteiger partial charge in [-0.05, 0) is 24.0 Å². The second-order valence-electron chi connectivity index (χ2n) is 4.36. The van der Waals surface area contributed by atoms with Crippen LogP contribution in [0.15, 0.2) is 18.3 Å². The zero-order valence-electron chi connectivity index (χ0n) is 8.04. The van der Waals surface area contributed by atoms with E-state index in [0.717, 1.165) is 5.69 Å². The third-order valence-corrected chi connectivity index (χ3v) is 2.64. The van der Waals surface area contributed by atoms with Gasteiger partial charge >= 0.3 is 0 Å². The molecule has 1 aromatic rings. The first kappa shape index (κ1) is 8.35. The molecule has 0 radical (unpaired) electrons. The Bertz CT molecular complexity index is 302. The number of anilines is 2. The standard InChI is InChI=1S/C10H15N3/c1-10(2)5-8(10)13-7-3-4-9(11)12-6-7/h3-4,6,8,13H,5H2,1-2H3,(H2,11,12). The summed E-state index contributed by atoms with van der Waals surface area (Å²) in [5.74, 6) is 0.570. The molecule has 1 fully saturated rings. The lowest BCUT2D eigenvalue weighted by molar-refractivity contribution is 0.630. The van der Waals surface area contributed by atoms with E-state index in [-0.39, 0.29) is 0 Å². The molecule has 0 aromatic carbocycles. The molecule has 1 aliphatic rings. The Morgan fingerprint density at radius 2 is 2.23 bits per heavy atom. The van der Waals surface area contributed by atoms with Gasteiger partial charge in [0.1, 0.15) is 5.82 Å². The second kappa shape index (κ2) is 2.62. The molecule has 3 nitrogen and oxygen atoms in total. The summed E-state index contributed by atoms with van der Waals surface area (Å²) in [4.78, 5) is 4.02. The van der Waals surface area contributed by atoms with Gasteiger partial charge in [-0.3, -0.25) is 0 Å². The van der Waals surface area contributed by atoms with E-state index in [0.29, 0.717) is 17.3 Å². The molecule has 13 heavy (non-hydrogen) atoms. The number of nitrogens with zero attached hydrogens (tertiary/aromatic N) is 1. The molecule has 3 N–H and O–H groups in total. The number of rotatable bonds is 2. The highest BCUT2D eigenvalue weighted by molar-refractivity contribution is 5.47. The third kappa shape index (κ3) is 1.74. The molecular weight excluding hydrogens is 162 g/mol. The van der Waals surface area contributed by atoms with Crippen molar-refractivity contribution in [2.45, 2.75) is 26.3 Å². The molecule has 1 heterocycles. The monoisotopic (exact) mass is 177 g/mol. The third-order valence-electron chi connectivity index (χ3n) is 2.64. The summed E-state index contributed by atoms with van der Waals surface area (Å²) in [6.07, 6.45) is 3.01. The molecule has 0 bridgehead atoms. The highest BCUT2D eigenvalue weighted by Crippen LogP contribution is 2.46. The molecule has 1 aromatic heterocycles. The lowest BCUT2D eigenvalue weighted by Gasteiger charge is -2.07. The summed E-state index contributed by atoms with van der Waals surface area (Å²) in [5.41, 5.74) is 6.99. The number of hydrogen-bond acceptors (Lipinski definition) is 3. The van der Waals surface area contributed by atoms with Crippen LogP contribution in [0.25, 0.3) is 0 Å². The average molecular weight is 177 g/mol. The van der Waals surface area contributed by atoms with E-state index in [2.05, 4.69) is 24.1 Å². The van der Waals surface area contributed by atoms with Crippen molar-refractivity contribution in [3.05, 3.63) is 18.3 Å². The minimum absolute atomic E-state index is 0.446. The van der Waals surface area contributed by atoms with Crippen LogP contribution in [0.5, 0.6) is 0 Å². The number of nitrogens with one attached hydrogen (secondary N) is 1. The fourth-order valence-corrected chi connectivity index (χ4v) is 1.41. The van der Waals surface area contributed by atoms with Crippen LogP contribution >= 0.6 is 0 Å². The van der Waals surface area contributed by atoms with Crippen LogP contribution in [0.4, 0.5) is 11.5 Å². The number of nitrogens with two attached hydrogens (primary N) is 1. The van der Waals surface area contributed by atoms with E-state index in [1.807, 2.05) is 12.1 Å². The Hall–Kier alpha value is -1.25. The van der Waals surface area contributed by atoms with Crippen molar-refractivity contribution in [2.24, 2.45) is 5.41 Å². The van der Waals surface area contributed by atoms with Gasteiger partial charge in [-0.2, -0.15) is 0 Å². The quantitative estimate of drug-likeness (QED) is 0.725. The van der Waals surface area contributed by atoms with Crippen molar-refractivity contribution in [2.75, 3.05) is 11.1 Å². The van der Waals surface area contributed by atoms with Gasteiger partial charge in [-0.25, -0.2) is 4.98 Å². The van der Waals surface area contributed by atoms with Gasteiger partial charge in [0.15, 0.2) is 0 Å². The maximum Gasteiger partial charge on any atom is 0.123 e. The Kier molecular flexibility index (Phi) is 1.68. The fraction of sp³-hybridized carbons (Fsp3) is 0.500. The van der Waals surface area contributed by atoms with Gasteiger partial charge in [-0.15, -0.1) is 0 Å². The lowest BCUT2D eigenvalue weighted by atomic mass is 10.2. The van der Waals surface area contributed by atoms with Crippen molar-refractivity contribution in [1.82, 2.24) is 4.98 Å². The average Bonchev–Trinajstić information content (AvgIpc) is 2.64. The summed E-state index contributed by atoms with van der Waals surface area (Å²) >= 11 is 0. The normalized spacial score (nSPS) is 24.0. The Morgan fingerprint density at radius 3 is 2.69 bits per heavy atom.